The van der Waals surface area contributed by atoms with Gasteiger partial charge in [0.2, 0.25) is 5.91 Å². The van der Waals surface area contributed by atoms with E-state index in [0.29, 0.717) is 5.69 Å². The van der Waals surface area contributed by atoms with Crippen LogP contribution in [0.25, 0.3) is 0 Å². The Morgan fingerprint density at radius 2 is 2.19 bits per heavy atom. The zero-order chi connectivity index (χ0) is 12.3. The number of nitrogens with two attached hydrogens (primary N) is 1. The second-order valence-electron chi connectivity index (χ2n) is 4.21. The van der Waals surface area contributed by atoms with Gasteiger partial charge in [0.05, 0.1) is 10.4 Å². The third-order valence-electron chi connectivity index (χ3n) is 2.33. The average Bonchev–Trinajstić information content (AvgIpc) is 2.23. The number of rotatable bonds is 3. The topological polar surface area (TPSA) is 75.4 Å². The lowest BCUT2D eigenvalue weighted by molar-refractivity contribution is -0.123. The first-order chi connectivity index (χ1) is 7.36. The predicted molar refractivity (Wildman–Crippen MR) is 64.6 cm³/mol. The van der Waals surface area contributed by atoms with Gasteiger partial charge in [0, 0.05) is 12.2 Å². The lowest BCUT2D eigenvalue weighted by Gasteiger charge is -2.21. The zero-order valence-electron chi connectivity index (χ0n) is 9.25. The van der Waals surface area contributed by atoms with Gasteiger partial charge < -0.3 is 16.2 Å². The van der Waals surface area contributed by atoms with Crippen molar-refractivity contribution in [3.63, 3.8) is 0 Å². The van der Waals surface area contributed by atoms with Gasteiger partial charge in [-0.05, 0) is 32.0 Å². The highest BCUT2D eigenvalue weighted by Crippen LogP contribution is 2.27. The minimum Gasteiger partial charge on any atom is -0.506 e. The molecule has 0 aliphatic carbocycles. The minimum absolute atomic E-state index is 0.0160. The molecule has 0 radical (unpaired) electrons. The van der Waals surface area contributed by atoms with Crippen molar-refractivity contribution in [1.29, 1.82) is 0 Å². The van der Waals surface area contributed by atoms with Crippen LogP contribution in [0, 0.1) is 5.41 Å². The molecule has 1 amide bonds. The van der Waals surface area contributed by atoms with Crippen LogP contribution >= 0.6 is 11.6 Å². The van der Waals surface area contributed by atoms with Crippen molar-refractivity contribution in [3.8, 4) is 5.75 Å². The number of carbonyl (C=O) groups excluding carboxylic acids is 1. The van der Waals surface area contributed by atoms with E-state index in [1.165, 1.54) is 12.1 Å². The number of hydrogen-bond donors (Lipinski definition) is 3. The summed E-state index contributed by atoms with van der Waals surface area (Å²) in [7, 11) is 0. The number of nitrogens with one attached hydrogen (secondary N) is 1. The largest absolute Gasteiger partial charge is 0.506 e. The molecular formula is C11H15ClN2O2. The molecule has 0 aliphatic rings. The van der Waals surface area contributed by atoms with Crippen LogP contribution in [0.2, 0.25) is 5.02 Å². The van der Waals surface area contributed by atoms with Crippen molar-refractivity contribution in [2.45, 2.75) is 13.8 Å². The molecule has 5 heteroatoms. The molecule has 0 atom stereocenters. The van der Waals surface area contributed by atoms with Crippen LogP contribution in [0.15, 0.2) is 18.2 Å². The molecule has 0 heterocycles. The van der Waals surface area contributed by atoms with E-state index in [4.69, 9.17) is 17.3 Å². The molecule has 0 spiro atoms. The molecule has 4 nitrogen and oxygen atoms in total. The molecule has 1 aromatic carbocycles. The summed E-state index contributed by atoms with van der Waals surface area (Å²) in [6, 6.07) is 4.49. The molecule has 1 rings (SSSR count). The number of carbonyl (C=O) groups is 1. The van der Waals surface area contributed by atoms with E-state index < -0.39 is 5.41 Å². The Hall–Kier alpha value is -1.26. The molecular weight excluding hydrogens is 228 g/mol. The normalized spacial score (nSPS) is 11.2. The molecule has 16 heavy (non-hydrogen) atoms. The first-order valence-corrected chi connectivity index (χ1v) is 5.24. The summed E-state index contributed by atoms with van der Waals surface area (Å²) < 4.78 is 0. The number of phenolic OH excluding ortho intramolecular Hbond substituents is 1. The Kier molecular flexibility index (Phi) is 3.78. The summed E-state index contributed by atoms with van der Waals surface area (Å²) in [4.78, 5) is 11.8. The predicted octanol–water partition coefficient (Wildman–Crippen LogP) is 1.97. The summed E-state index contributed by atoms with van der Waals surface area (Å²) >= 11 is 5.72. The molecule has 88 valence electrons. The van der Waals surface area contributed by atoms with Gasteiger partial charge in [-0.3, -0.25) is 4.79 Å². The number of hydrogen-bond acceptors (Lipinski definition) is 3. The van der Waals surface area contributed by atoms with Crippen molar-refractivity contribution in [2.75, 3.05) is 11.9 Å². The number of anilines is 1. The fourth-order valence-corrected chi connectivity index (χ4v) is 1.16. The van der Waals surface area contributed by atoms with E-state index in [0.717, 1.165) is 0 Å². The second-order valence-corrected chi connectivity index (χ2v) is 4.62. The molecule has 0 aromatic heterocycles. The monoisotopic (exact) mass is 242 g/mol. The maximum atomic E-state index is 11.8. The second kappa shape index (κ2) is 4.72. The zero-order valence-corrected chi connectivity index (χ0v) is 10.0. The van der Waals surface area contributed by atoms with Gasteiger partial charge in [-0.15, -0.1) is 0 Å². The summed E-state index contributed by atoms with van der Waals surface area (Å²) in [6.45, 7) is 3.76. The van der Waals surface area contributed by atoms with E-state index in [1.54, 1.807) is 19.9 Å². The molecule has 0 aliphatic heterocycles. The van der Waals surface area contributed by atoms with E-state index in [2.05, 4.69) is 5.32 Å². The van der Waals surface area contributed by atoms with Crippen LogP contribution in [0.5, 0.6) is 5.75 Å². The Balaban J connectivity index is 2.82. The Morgan fingerprint density at radius 1 is 1.56 bits per heavy atom. The molecule has 1 aromatic rings. The van der Waals surface area contributed by atoms with Gasteiger partial charge in [-0.1, -0.05) is 11.6 Å². The number of benzene rings is 1. The molecule has 0 bridgehead atoms. The first kappa shape index (κ1) is 12.8. The SMILES string of the molecule is CC(C)(CN)C(=O)Nc1ccc(O)c(Cl)c1. The van der Waals surface area contributed by atoms with E-state index in [9.17, 15) is 9.90 Å². The highest BCUT2D eigenvalue weighted by molar-refractivity contribution is 6.32. The van der Waals surface area contributed by atoms with Crippen LogP contribution in [-0.4, -0.2) is 17.6 Å². The quantitative estimate of drug-likeness (QED) is 0.710. The smallest absolute Gasteiger partial charge is 0.231 e. The average molecular weight is 243 g/mol. The van der Waals surface area contributed by atoms with Gasteiger partial charge in [0.15, 0.2) is 0 Å². The third kappa shape index (κ3) is 2.87. The van der Waals surface area contributed by atoms with Gasteiger partial charge in [-0.25, -0.2) is 0 Å². The summed E-state index contributed by atoms with van der Waals surface area (Å²) in [6.07, 6.45) is 0. The molecule has 0 saturated carbocycles. The number of aromatic hydroxyl groups is 1. The number of amides is 1. The van der Waals surface area contributed by atoms with E-state index in [-0.39, 0.29) is 23.2 Å². The Morgan fingerprint density at radius 3 is 2.69 bits per heavy atom. The van der Waals surface area contributed by atoms with Crippen molar-refractivity contribution < 1.29 is 9.90 Å². The molecule has 0 saturated heterocycles. The lowest BCUT2D eigenvalue weighted by atomic mass is 9.92. The highest BCUT2D eigenvalue weighted by atomic mass is 35.5. The highest BCUT2D eigenvalue weighted by Gasteiger charge is 2.25. The van der Waals surface area contributed by atoms with Crippen LogP contribution < -0.4 is 11.1 Å². The summed E-state index contributed by atoms with van der Waals surface area (Å²) in [5.74, 6) is -0.200. The summed E-state index contributed by atoms with van der Waals surface area (Å²) in [5, 5.41) is 12.1. The Bertz CT molecular complexity index is 405. The maximum absolute atomic E-state index is 11.8. The molecule has 4 N–H and O–H groups in total. The molecule has 0 fully saturated rings. The van der Waals surface area contributed by atoms with Gasteiger partial charge >= 0.3 is 0 Å². The number of phenols is 1. The van der Waals surface area contributed by atoms with Crippen LogP contribution in [0.4, 0.5) is 5.69 Å². The van der Waals surface area contributed by atoms with Crippen molar-refractivity contribution in [2.24, 2.45) is 11.1 Å². The maximum Gasteiger partial charge on any atom is 0.231 e. The van der Waals surface area contributed by atoms with Gasteiger partial charge in [0.25, 0.3) is 0 Å². The summed E-state index contributed by atoms with van der Waals surface area (Å²) in [5.41, 5.74) is 5.39. The van der Waals surface area contributed by atoms with Crippen molar-refractivity contribution in [1.82, 2.24) is 0 Å². The van der Waals surface area contributed by atoms with Crippen molar-refractivity contribution >= 4 is 23.2 Å². The Labute approximate surface area is 99.4 Å². The van der Waals surface area contributed by atoms with Gasteiger partial charge in [0.1, 0.15) is 5.75 Å². The van der Waals surface area contributed by atoms with E-state index in [1.807, 2.05) is 0 Å². The fraction of sp³-hybridized carbons (Fsp3) is 0.364. The van der Waals surface area contributed by atoms with Gasteiger partial charge in [-0.2, -0.15) is 0 Å². The van der Waals surface area contributed by atoms with Crippen LogP contribution in [0.3, 0.4) is 0 Å². The lowest BCUT2D eigenvalue weighted by Crippen LogP contribution is -2.37. The van der Waals surface area contributed by atoms with E-state index >= 15 is 0 Å². The standard InChI is InChI=1S/C11H15ClN2O2/c1-11(2,6-13)10(16)14-7-3-4-9(15)8(12)5-7/h3-5,15H,6,13H2,1-2H3,(H,14,16). The number of halogens is 1. The third-order valence-corrected chi connectivity index (χ3v) is 2.63. The van der Waals surface area contributed by atoms with Crippen LogP contribution in [-0.2, 0) is 4.79 Å². The molecule has 0 unspecified atom stereocenters. The minimum atomic E-state index is -0.635. The van der Waals surface area contributed by atoms with Crippen molar-refractivity contribution in [3.05, 3.63) is 23.2 Å². The van der Waals surface area contributed by atoms with Crippen LogP contribution in [0.1, 0.15) is 13.8 Å². The first-order valence-electron chi connectivity index (χ1n) is 4.87. The fourth-order valence-electron chi connectivity index (χ4n) is 0.978.